The van der Waals surface area contributed by atoms with Crippen LogP contribution in [0.3, 0.4) is 0 Å². The second-order valence-corrected chi connectivity index (χ2v) is 5.16. The van der Waals surface area contributed by atoms with Gasteiger partial charge >= 0.3 is 0 Å². The Bertz CT molecular complexity index is 653. The molecule has 2 aromatic rings. The van der Waals surface area contributed by atoms with Crippen molar-refractivity contribution in [1.82, 2.24) is 0 Å². The molecule has 0 aliphatic rings. The first-order chi connectivity index (χ1) is 11.2. The van der Waals surface area contributed by atoms with Crippen LogP contribution in [0.15, 0.2) is 48.5 Å². The van der Waals surface area contributed by atoms with E-state index in [2.05, 4.69) is 5.92 Å². The molecular weight excluding hydrogens is 288 g/mol. The zero-order chi connectivity index (χ0) is 16.7. The lowest BCUT2D eigenvalue weighted by atomic mass is 9.87. The third kappa shape index (κ3) is 3.85. The molecule has 23 heavy (non-hydrogen) atoms. The van der Waals surface area contributed by atoms with E-state index >= 15 is 0 Å². The zero-order valence-corrected chi connectivity index (χ0v) is 13.8. The first-order valence-corrected chi connectivity index (χ1v) is 7.56. The first-order valence-electron chi connectivity index (χ1n) is 7.56. The van der Waals surface area contributed by atoms with E-state index in [9.17, 15) is 0 Å². The maximum Gasteiger partial charge on any atom is 0.157 e. The van der Waals surface area contributed by atoms with Crippen LogP contribution < -0.4 is 9.47 Å². The van der Waals surface area contributed by atoms with Crippen LogP contribution in [0.1, 0.15) is 18.1 Å². The standard InChI is InChI=1S/C20H22O3/c1-5-20(23-6-2,17-9-13-19(22-4)14-10-17)15-16-7-11-18(21-3)12-8-16/h1,7-14H,6,15H2,2-4H3/t20-/m0/s1. The van der Waals surface area contributed by atoms with Gasteiger partial charge in [0.15, 0.2) is 5.60 Å². The molecule has 0 amide bonds. The van der Waals surface area contributed by atoms with E-state index in [0.29, 0.717) is 13.0 Å². The van der Waals surface area contributed by atoms with Crippen LogP contribution in [0.25, 0.3) is 0 Å². The van der Waals surface area contributed by atoms with Gasteiger partial charge in [0.05, 0.1) is 14.2 Å². The highest BCUT2D eigenvalue weighted by Crippen LogP contribution is 2.31. The number of ether oxygens (including phenoxy) is 3. The van der Waals surface area contributed by atoms with E-state index in [1.807, 2.05) is 55.5 Å². The molecular formula is C20H22O3. The summed E-state index contributed by atoms with van der Waals surface area (Å²) in [4.78, 5) is 0. The van der Waals surface area contributed by atoms with E-state index < -0.39 is 5.60 Å². The van der Waals surface area contributed by atoms with Crippen LogP contribution >= 0.6 is 0 Å². The molecule has 0 unspecified atom stereocenters. The van der Waals surface area contributed by atoms with Gasteiger partial charge in [0.1, 0.15) is 11.5 Å². The summed E-state index contributed by atoms with van der Waals surface area (Å²) in [5.41, 5.74) is 1.24. The summed E-state index contributed by atoms with van der Waals surface area (Å²) in [6.07, 6.45) is 6.46. The molecule has 0 spiro atoms. The Morgan fingerprint density at radius 3 is 1.87 bits per heavy atom. The lowest BCUT2D eigenvalue weighted by Crippen LogP contribution is -2.30. The molecule has 0 aliphatic carbocycles. The summed E-state index contributed by atoms with van der Waals surface area (Å²) < 4.78 is 16.4. The Balaban J connectivity index is 2.35. The Kier molecular flexibility index (Phi) is 5.67. The number of benzene rings is 2. The van der Waals surface area contributed by atoms with Crippen LogP contribution in [0.5, 0.6) is 11.5 Å². The Labute approximate surface area is 138 Å². The van der Waals surface area contributed by atoms with E-state index in [1.54, 1.807) is 14.2 Å². The molecule has 0 fully saturated rings. The van der Waals surface area contributed by atoms with Crippen molar-refractivity contribution in [2.45, 2.75) is 18.9 Å². The van der Waals surface area contributed by atoms with Gasteiger partial charge in [-0.1, -0.05) is 30.2 Å². The normalized spacial score (nSPS) is 13.0. The van der Waals surface area contributed by atoms with Gasteiger partial charge in [-0.3, -0.25) is 0 Å². The molecule has 0 radical (unpaired) electrons. The number of hydrogen-bond donors (Lipinski definition) is 0. The summed E-state index contributed by atoms with van der Waals surface area (Å²) in [5, 5.41) is 0. The quantitative estimate of drug-likeness (QED) is 0.728. The van der Waals surface area contributed by atoms with Crippen LogP contribution in [-0.4, -0.2) is 20.8 Å². The van der Waals surface area contributed by atoms with Gasteiger partial charge in [-0.15, -0.1) is 6.42 Å². The summed E-state index contributed by atoms with van der Waals surface area (Å²) >= 11 is 0. The highest BCUT2D eigenvalue weighted by atomic mass is 16.5. The van der Waals surface area contributed by atoms with Gasteiger partial charge < -0.3 is 14.2 Å². The summed E-state index contributed by atoms with van der Waals surface area (Å²) in [6, 6.07) is 15.6. The average molecular weight is 310 g/mol. The maximum atomic E-state index is 5.99. The molecule has 2 rings (SSSR count). The molecule has 0 saturated carbocycles. The van der Waals surface area contributed by atoms with Crippen molar-refractivity contribution in [3.05, 3.63) is 59.7 Å². The minimum atomic E-state index is -0.796. The number of rotatable bonds is 7. The van der Waals surface area contributed by atoms with Crippen molar-refractivity contribution < 1.29 is 14.2 Å². The summed E-state index contributed by atoms with van der Waals surface area (Å²) in [5.74, 6) is 4.47. The fourth-order valence-electron chi connectivity index (χ4n) is 2.55. The van der Waals surface area contributed by atoms with Gasteiger partial charge in [0.2, 0.25) is 0 Å². The van der Waals surface area contributed by atoms with Gasteiger partial charge in [-0.05, 0) is 42.3 Å². The fourth-order valence-corrected chi connectivity index (χ4v) is 2.55. The predicted octanol–water partition coefficient (Wildman–Crippen LogP) is 3.81. The molecule has 0 heterocycles. The summed E-state index contributed by atoms with van der Waals surface area (Å²) in [7, 11) is 3.29. The van der Waals surface area contributed by atoms with E-state index in [1.165, 1.54) is 0 Å². The highest BCUT2D eigenvalue weighted by molar-refractivity contribution is 5.39. The molecule has 0 bridgehead atoms. The van der Waals surface area contributed by atoms with Crippen molar-refractivity contribution in [1.29, 1.82) is 0 Å². The van der Waals surface area contributed by atoms with E-state index in [-0.39, 0.29) is 0 Å². The van der Waals surface area contributed by atoms with Gasteiger partial charge in [-0.2, -0.15) is 0 Å². The number of terminal acetylenes is 1. The van der Waals surface area contributed by atoms with Crippen molar-refractivity contribution in [2.75, 3.05) is 20.8 Å². The lowest BCUT2D eigenvalue weighted by Gasteiger charge is -2.29. The molecule has 0 saturated heterocycles. The van der Waals surface area contributed by atoms with Gasteiger partial charge in [-0.25, -0.2) is 0 Å². The smallest absolute Gasteiger partial charge is 0.157 e. The first kappa shape index (κ1) is 16.9. The van der Waals surface area contributed by atoms with Gasteiger partial charge in [0, 0.05) is 13.0 Å². The molecule has 1 atom stereocenters. The summed E-state index contributed by atoms with van der Waals surface area (Å²) in [6.45, 7) is 2.48. The molecule has 0 N–H and O–H groups in total. The van der Waals surface area contributed by atoms with Crippen molar-refractivity contribution in [2.24, 2.45) is 0 Å². The van der Waals surface area contributed by atoms with Gasteiger partial charge in [0.25, 0.3) is 0 Å². The number of hydrogen-bond acceptors (Lipinski definition) is 3. The van der Waals surface area contributed by atoms with E-state index in [4.69, 9.17) is 20.6 Å². The molecule has 3 nitrogen and oxygen atoms in total. The average Bonchev–Trinajstić information content (AvgIpc) is 2.62. The third-order valence-corrected chi connectivity index (χ3v) is 3.79. The van der Waals surface area contributed by atoms with Crippen LogP contribution in [0.2, 0.25) is 0 Å². The van der Waals surface area contributed by atoms with Crippen molar-refractivity contribution in [3.63, 3.8) is 0 Å². The fraction of sp³-hybridized carbons (Fsp3) is 0.300. The number of methoxy groups -OCH3 is 2. The lowest BCUT2D eigenvalue weighted by molar-refractivity contribution is 0.00370. The van der Waals surface area contributed by atoms with Crippen LogP contribution in [-0.2, 0) is 16.8 Å². The maximum absolute atomic E-state index is 5.99. The minimum absolute atomic E-state index is 0.534. The van der Waals surface area contributed by atoms with Crippen molar-refractivity contribution >= 4 is 0 Å². The topological polar surface area (TPSA) is 27.7 Å². The third-order valence-electron chi connectivity index (χ3n) is 3.79. The largest absolute Gasteiger partial charge is 0.497 e. The monoisotopic (exact) mass is 310 g/mol. The molecule has 0 aromatic heterocycles. The van der Waals surface area contributed by atoms with E-state index in [0.717, 1.165) is 22.6 Å². The molecule has 2 aromatic carbocycles. The minimum Gasteiger partial charge on any atom is -0.497 e. The molecule has 3 heteroatoms. The van der Waals surface area contributed by atoms with Crippen LogP contribution in [0, 0.1) is 12.3 Å². The predicted molar refractivity (Wildman–Crippen MR) is 91.8 cm³/mol. The van der Waals surface area contributed by atoms with Crippen molar-refractivity contribution in [3.8, 4) is 23.8 Å². The highest BCUT2D eigenvalue weighted by Gasteiger charge is 2.31. The Morgan fingerprint density at radius 2 is 1.43 bits per heavy atom. The molecule has 120 valence electrons. The second-order valence-electron chi connectivity index (χ2n) is 5.16. The Hall–Kier alpha value is -2.44. The Morgan fingerprint density at radius 1 is 0.913 bits per heavy atom. The zero-order valence-electron chi connectivity index (χ0n) is 13.8. The SMILES string of the molecule is C#C[C@@](Cc1ccc(OC)cc1)(OCC)c1ccc(OC)cc1. The van der Waals surface area contributed by atoms with Crippen LogP contribution in [0.4, 0.5) is 0 Å². The molecule has 0 aliphatic heterocycles. The second kappa shape index (κ2) is 7.71.